The van der Waals surface area contributed by atoms with Crippen LogP contribution in [-0.2, 0) is 21.9 Å². The third-order valence-corrected chi connectivity index (χ3v) is 5.64. The van der Waals surface area contributed by atoms with Gasteiger partial charge in [-0.1, -0.05) is 31.2 Å². The number of carbonyl (C=O) groups excluding carboxylic acids is 2. The van der Waals surface area contributed by atoms with E-state index in [4.69, 9.17) is 4.74 Å². The fraction of sp³-hybridized carbons (Fsp3) is 0.391. The number of nitrogens with zero attached hydrogens (tertiary/aromatic N) is 1. The topological polar surface area (TPSA) is 58.6 Å². The Kier molecular flexibility index (Phi) is 9.67. The molecule has 0 spiro atoms. The molecule has 0 saturated carbocycles. The second kappa shape index (κ2) is 12.2. The molecular weight excluding hydrogens is 403 g/mol. The summed E-state index contributed by atoms with van der Waals surface area (Å²) < 4.78 is 18.4. The van der Waals surface area contributed by atoms with Crippen molar-refractivity contribution < 1.29 is 18.7 Å². The molecule has 1 atom stereocenters. The van der Waals surface area contributed by atoms with Gasteiger partial charge in [-0.25, -0.2) is 4.39 Å². The van der Waals surface area contributed by atoms with Crippen LogP contribution in [0.1, 0.15) is 31.4 Å². The van der Waals surface area contributed by atoms with Crippen molar-refractivity contribution in [1.29, 1.82) is 0 Å². The minimum Gasteiger partial charge on any atom is -0.497 e. The maximum atomic E-state index is 13.3. The molecule has 2 aromatic rings. The molecule has 5 nitrogen and oxygen atoms in total. The van der Waals surface area contributed by atoms with Crippen LogP contribution in [0.15, 0.2) is 48.5 Å². The average Bonchev–Trinajstić information content (AvgIpc) is 2.75. The zero-order valence-electron chi connectivity index (χ0n) is 17.7. The molecule has 162 valence electrons. The van der Waals surface area contributed by atoms with E-state index in [1.807, 2.05) is 38.1 Å². The number of halogens is 1. The number of carbonyl (C=O) groups is 2. The van der Waals surface area contributed by atoms with Crippen LogP contribution in [-0.4, -0.2) is 42.2 Å². The standard InChI is InChI=1S/C23H29FN2O3S/c1-4-21(23(28)25-5-2)26(14-17-6-10-19(24)11-7-17)22(27)16-30-15-18-8-12-20(29-3)13-9-18/h6-13,21H,4-5,14-16H2,1-3H3,(H,25,28)/t21-/m0/s1. The number of methoxy groups -OCH3 is 1. The Bertz CT molecular complexity index is 812. The lowest BCUT2D eigenvalue weighted by Crippen LogP contribution is -2.49. The van der Waals surface area contributed by atoms with Gasteiger partial charge in [-0.15, -0.1) is 11.8 Å². The zero-order valence-corrected chi connectivity index (χ0v) is 18.5. The lowest BCUT2D eigenvalue weighted by Gasteiger charge is -2.30. The number of benzene rings is 2. The van der Waals surface area contributed by atoms with E-state index in [2.05, 4.69) is 5.32 Å². The third kappa shape index (κ3) is 7.06. The van der Waals surface area contributed by atoms with Crippen molar-refractivity contribution in [2.75, 3.05) is 19.4 Å². The maximum absolute atomic E-state index is 13.3. The molecule has 0 fully saturated rings. The minimum absolute atomic E-state index is 0.115. The molecule has 0 aromatic heterocycles. The molecular formula is C23H29FN2O3S. The van der Waals surface area contributed by atoms with Crippen LogP contribution >= 0.6 is 11.8 Å². The van der Waals surface area contributed by atoms with Crippen LogP contribution in [0, 0.1) is 5.82 Å². The van der Waals surface area contributed by atoms with Crippen molar-refractivity contribution in [2.24, 2.45) is 0 Å². The van der Waals surface area contributed by atoms with E-state index in [1.54, 1.807) is 24.1 Å². The molecule has 0 unspecified atom stereocenters. The van der Waals surface area contributed by atoms with Gasteiger partial charge in [-0.2, -0.15) is 0 Å². The molecule has 2 rings (SSSR count). The van der Waals surface area contributed by atoms with Crippen molar-refractivity contribution in [1.82, 2.24) is 10.2 Å². The summed E-state index contributed by atoms with van der Waals surface area (Å²) in [6.07, 6.45) is 0.502. The van der Waals surface area contributed by atoms with Gasteiger partial charge in [0, 0.05) is 18.8 Å². The van der Waals surface area contributed by atoms with E-state index >= 15 is 0 Å². The number of ether oxygens (including phenoxy) is 1. The highest BCUT2D eigenvalue weighted by atomic mass is 32.2. The molecule has 0 radical (unpaired) electrons. The number of likely N-dealkylation sites (N-methyl/N-ethyl adjacent to an activating group) is 1. The summed E-state index contributed by atoms with van der Waals surface area (Å²) in [6.45, 7) is 4.49. The van der Waals surface area contributed by atoms with Crippen LogP contribution in [0.3, 0.4) is 0 Å². The normalized spacial score (nSPS) is 11.6. The van der Waals surface area contributed by atoms with Crippen LogP contribution in [0.2, 0.25) is 0 Å². The smallest absolute Gasteiger partial charge is 0.242 e. The molecule has 0 aliphatic rings. The molecule has 0 bridgehead atoms. The molecule has 0 aliphatic heterocycles. The highest BCUT2D eigenvalue weighted by molar-refractivity contribution is 7.99. The fourth-order valence-corrected chi connectivity index (χ4v) is 3.93. The van der Waals surface area contributed by atoms with Crippen molar-refractivity contribution in [3.8, 4) is 5.75 Å². The van der Waals surface area contributed by atoms with Crippen LogP contribution in [0.5, 0.6) is 5.75 Å². The summed E-state index contributed by atoms with van der Waals surface area (Å²) in [6, 6.07) is 13.2. The van der Waals surface area contributed by atoms with Gasteiger partial charge in [0.2, 0.25) is 11.8 Å². The highest BCUT2D eigenvalue weighted by Crippen LogP contribution is 2.19. The SMILES string of the molecule is CCNC(=O)[C@H](CC)N(Cc1ccc(F)cc1)C(=O)CSCc1ccc(OC)cc1. The molecule has 0 saturated heterocycles. The Labute approximate surface area is 182 Å². The van der Waals surface area contributed by atoms with E-state index in [9.17, 15) is 14.0 Å². The first-order valence-corrected chi connectivity index (χ1v) is 11.2. The van der Waals surface area contributed by atoms with Gasteiger partial charge < -0.3 is 15.0 Å². The Balaban J connectivity index is 2.07. The number of hydrogen-bond acceptors (Lipinski definition) is 4. The number of rotatable bonds is 11. The van der Waals surface area contributed by atoms with Gasteiger partial charge >= 0.3 is 0 Å². The summed E-state index contributed by atoms with van der Waals surface area (Å²) in [7, 11) is 1.62. The van der Waals surface area contributed by atoms with Crippen LogP contribution in [0.25, 0.3) is 0 Å². The van der Waals surface area contributed by atoms with Crippen molar-refractivity contribution in [2.45, 2.75) is 38.6 Å². The Morgan fingerprint density at radius 1 is 1.07 bits per heavy atom. The second-order valence-electron chi connectivity index (χ2n) is 6.81. The molecule has 2 amide bonds. The molecule has 30 heavy (non-hydrogen) atoms. The number of hydrogen-bond donors (Lipinski definition) is 1. The second-order valence-corrected chi connectivity index (χ2v) is 7.79. The summed E-state index contributed by atoms with van der Waals surface area (Å²) in [4.78, 5) is 27.2. The quantitative estimate of drug-likeness (QED) is 0.583. The van der Waals surface area contributed by atoms with Gasteiger partial charge in [0.15, 0.2) is 0 Å². The summed E-state index contributed by atoms with van der Waals surface area (Å²) in [5.74, 6) is 1.10. The molecule has 0 heterocycles. The predicted molar refractivity (Wildman–Crippen MR) is 119 cm³/mol. The Morgan fingerprint density at radius 3 is 2.27 bits per heavy atom. The number of thioether (sulfide) groups is 1. The predicted octanol–water partition coefficient (Wildman–Crippen LogP) is 4.01. The van der Waals surface area contributed by atoms with Gasteiger partial charge in [-0.05, 0) is 48.7 Å². The van der Waals surface area contributed by atoms with E-state index in [-0.39, 0.29) is 29.9 Å². The minimum atomic E-state index is -0.566. The number of nitrogens with one attached hydrogen (secondary N) is 1. The van der Waals surface area contributed by atoms with Crippen molar-refractivity contribution >= 4 is 23.6 Å². The summed E-state index contributed by atoms with van der Waals surface area (Å²) in [5, 5.41) is 2.81. The van der Waals surface area contributed by atoms with E-state index in [1.165, 1.54) is 23.9 Å². The molecule has 1 N–H and O–H groups in total. The van der Waals surface area contributed by atoms with Gasteiger partial charge in [0.05, 0.1) is 12.9 Å². The average molecular weight is 433 g/mol. The van der Waals surface area contributed by atoms with Gasteiger partial charge in [0.25, 0.3) is 0 Å². The molecule has 2 aromatic carbocycles. The molecule has 0 aliphatic carbocycles. The monoisotopic (exact) mass is 432 g/mol. The van der Waals surface area contributed by atoms with Gasteiger partial charge in [-0.3, -0.25) is 9.59 Å². The number of amides is 2. The van der Waals surface area contributed by atoms with E-state index < -0.39 is 6.04 Å². The lowest BCUT2D eigenvalue weighted by atomic mass is 10.1. The largest absolute Gasteiger partial charge is 0.497 e. The lowest BCUT2D eigenvalue weighted by molar-refractivity contribution is -0.139. The third-order valence-electron chi connectivity index (χ3n) is 4.66. The zero-order chi connectivity index (χ0) is 21.9. The Morgan fingerprint density at radius 2 is 1.70 bits per heavy atom. The molecule has 7 heteroatoms. The first kappa shape index (κ1) is 23.7. The van der Waals surface area contributed by atoms with E-state index in [0.717, 1.165) is 16.9 Å². The first-order chi connectivity index (χ1) is 14.5. The highest BCUT2D eigenvalue weighted by Gasteiger charge is 2.28. The summed E-state index contributed by atoms with van der Waals surface area (Å²) in [5.41, 5.74) is 1.88. The first-order valence-electron chi connectivity index (χ1n) is 10.0. The summed E-state index contributed by atoms with van der Waals surface area (Å²) >= 11 is 1.50. The fourth-order valence-electron chi connectivity index (χ4n) is 3.06. The van der Waals surface area contributed by atoms with Crippen LogP contribution < -0.4 is 10.1 Å². The Hall–Kier alpha value is -2.54. The van der Waals surface area contributed by atoms with Crippen molar-refractivity contribution in [3.05, 3.63) is 65.5 Å². The van der Waals surface area contributed by atoms with Gasteiger partial charge in [0.1, 0.15) is 17.6 Å². The van der Waals surface area contributed by atoms with E-state index in [0.29, 0.717) is 18.7 Å². The van der Waals surface area contributed by atoms with Crippen molar-refractivity contribution in [3.63, 3.8) is 0 Å². The maximum Gasteiger partial charge on any atom is 0.242 e. The van der Waals surface area contributed by atoms with Crippen LogP contribution in [0.4, 0.5) is 4.39 Å².